The first-order chi connectivity index (χ1) is 8.06. The van der Waals surface area contributed by atoms with E-state index >= 15 is 0 Å². The van der Waals surface area contributed by atoms with Gasteiger partial charge in [0.1, 0.15) is 5.41 Å². The Hall–Kier alpha value is -1.71. The monoisotopic (exact) mass is 235 g/mol. The molecule has 1 rings (SSSR count). The molecule has 0 aliphatic rings. The number of nitrogens with zero attached hydrogens (tertiary/aromatic N) is 1. The van der Waals surface area contributed by atoms with Crippen LogP contribution in [0.2, 0.25) is 0 Å². The van der Waals surface area contributed by atoms with E-state index in [1.807, 2.05) is 0 Å². The van der Waals surface area contributed by atoms with Crippen LogP contribution in [0, 0.1) is 5.41 Å². The van der Waals surface area contributed by atoms with E-state index in [4.69, 9.17) is 0 Å². The van der Waals surface area contributed by atoms with Crippen molar-refractivity contribution in [3.05, 3.63) is 30.1 Å². The maximum Gasteiger partial charge on any atom is 0.317 e. The molecule has 0 bridgehead atoms. The lowest BCUT2D eigenvalue weighted by Crippen LogP contribution is -2.39. The molecule has 4 nitrogen and oxygen atoms in total. The summed E-state index contributed by atoms with van der Waals surface area (Å²) in [6.07, 6.45) is 2.30. The first-order valence-electron chi connectivity index (χ1n) is 5.73. The van der Waals surface area contributed by atoms with Gasteiger partial charge in [-0.25, -0.2) is 0 Å². The Kier molecular flexibility index (Phi) is 4.37. The number of ketones is 1. The Morgan fingerprint density at radius 3 is 2.35 bits per heavy atom. The molecule has 0 aliphatic heterocycles. The second-order valence-corrected chi connectivity index (χ2v) is 4.02. The fraction of sp³-hybridized carbons (Fsp3) is 0.462. The number of hydrogen-bond donors (Lipinski definition) is 1. The molecule has 0 unspecified atom stereocenters. The second-order valence-electron chi connectivity index (χ2n) is 4.02. The summed E-state index contributed by atoms with van der Waals surface area (Å²) in [5.74, 6) is -1.31. The molecule has 1 aromatic heterocycles. The van der Waals surface area contributed by atoms with Gasteiger partial charge in [0, 0.05) is 18.3 Å². The number of hydrogen-bond acceptors (Lipinski definition) is 3. The maximum absolute atomic E-state index is 12.1. The van der Waals surface area contributed by atoms with Gasteiger partial charge in [0.05, 0.1) is 0 Å². The molecule has 0 saturated heterocycles. The molecule has 92 valence electrons. The molecule has 1 aromatic rings. The molecule has 0 fully saturated rings. The van der Waals surface area contributed by atoms with Gasteiger partial charge >= 0.3 is 5.97 Å². The van der Waals surface area contributed by atoms with E-state index in [0.29, 0.717) is 18.5 Å². The van der Waals surface area contributed by atoms with Gasteiger partial charge in [-0.3, -0.25) is 14.6 Å². The summed E-state index contributed by atoms with van der Waals surface area (Å²) in [6, 6.07) is 5.28. The molecular weight excluding hydrogens is 218 g/mol. The highest BCUT2D eigenvalue weighted by Gasteiger charge is 2.42. The molecule has 1 N–H and O–H groups in total. The molecule has 0 radical (unpaired) electrons. The number of Topliss-reactive ketones (excluding diaryl/α,β-unsaturated/α-hetero) is 1. The van der Waals surface area contributed by atoms with Crippen molar-refractivity contribution in [2.24, 2.45) is 5.41 Å². The van der Waals surface area contributed by atoms with Gasteiger partial charge in [-0.1, -0.05) is 19.9 Å². The summed E-state index contributed by atoms with van der Waals surface area (Å²) >= 11 is 0. The fourth-order valence-electron chi connectivity index (χ4n) is 1.90. The van der Waals surface area contributed by atoms with Crippen LogP contribution in [0.25, 0.3) is 0 Å². The zero-order valence-corrected chi connectivity index (χ0v) is 10.1. The van der Waals surface area contributed by atoms with Crippen LogP contribution in [0.4, 0.5) is 0 Å². The van der Waals surface area contributed by atoms with Gasteiger partial charge in [-0.15, -0.1) is 0 Å². The molecule has 0 saturated carbocycles. The maximum atomic E-state index is 12.1. The van der Waals surface area contributed by atoms with Gasteiger partial charge in [0.2, 0.25) is 0 Å². The topological polar surface area (TPSA) is 67.3 Å². The van der Waals surface area contributed by atoms with Crippen LogP contribution in [0.3, 0.4) is 0 Å². The van der Waals surface area contributed by atoms with E-state index in [0.717, 1.165) is 0 Å². The van der Waals surface area contributed by atoms with E-state index in [2.05, 4.69) is 4.98 Å². The highest BCUT2D eigenvalue weighted by molar-refractivity contribution is 6.03. The highest BCUT2D eigenvalue weighted by Crippen LogP contribution is 2.29. The molecule has 0 aliphatic carbocycles. The van der Waals surface area contributed by atoms with Crippen LogP contribution in [0.5, 0.6) is 0 Å². The summed E-state index contributed by atoms with van der Waals surface area (Å²) in [7, 11) is 0. The minimum atomic E-state index is -1.27. The highest BCUT2D eigenvalue weighted by atomic mass is 16.4. The minimum Gasteiger partial charge on any atom is -0.480 e. The van der Waals surface area contributed by atoms with E-state index in [1.165, 1.54) is 0 Å². The average Bonchev–Trinajstić information content (AvgIpc) is 2.32. The molecule has 17 heavy (non-hydrogen) atoms. The van der Waals surface area contributed by atoms with E-state index in [1.54, 1.807) is 38.2 Å². The molecule has 0 atom stereocenters. The first kappa shape index (κ1) is 13.4. The Bertz CT molecular complexity index is 396. The smallest absolute Gasteiger partial charge is 0.317 e. The van der Waals surface area contributed by atoms with E-state index < -0.39 is 11.4 Å². The van der Waals surface area contributed by atoms with Crippen molar-refractivity contribution in [2.75, 3.05) is 0 Å². The van der Waals surface area contributed by atoms with Crippen molar-refractivity contribution in [2.45, 2.75) is 33.1 Å². The van der Waals surface area contributed by atoms with Crippen molar-refractivity contribution < 1.29 is 14.7 Å². The standard InChI is InChI=1S/C13H17NO3/c1-3-13(4-2,12(16)17)11(15)9-10-7-5-6-8-14-10/h5-8H,3-4,9H2,1-2H3,(H,16,17). The predicted molar refractivity (Wildman–Crippen MR) is 63.6 cm³/mol. The Morgan fingerprint density at radius 1 is 1.29 bits per heavy atom. The van der Waals surface area contributed by atoms with Crippen molar-refractivity contribution in [1.82, 2.24) is 4.98 Å². The number of rotatable bonds is 6. The largest absolute Gasteiger partial charge is 0.480 e. The van der Waals surface area contributed by atoms with Crippen molar-refractivity contribution >= 4 is 11.8 Å². The number of pyridine rings is 1. The minimum absolute atomic E-state index is 0.0782. The average molecular weight is 235 g/mol. The lowest BCUT2D eigenvalue weighted by Gasteiger charge is -2.24. The summed E-state index contributed by atoms with van der Waals surface area (Å²) in [5, 5.41) is 9.23. The Labute approximate surface area is 101 Å². The van der Waals surface area contributed by atoms with Crippen LogP contribution >= 0.6 is 0 Å². The first-order valence-corrected chi connectivity index (χ1v) is 5.73. The SMILES string of the molecule is CCC(CC)(C(=O)O)C(=O)Cc1ccccn1. The normalized spacial score (nSPS) is 11.2. The number of carbonyl (C=O) groups excluding carboxylic acids is 1. The zero-order chi connectivity index (χ0) is 12.9. The van der Waals surface area contributed by atoms with Crippen molar-refractivity contribution in [3.63, 3.8) is 0 Å². The summed E-state index contributed by atoms with van der Waals surface area (Å²) in [4.78, 5) is 27.4. The molecular formula is C13H17NO3. The van der Waals surface area contributed by atoms with E-state index in [-0.39, 0.29) is 12.2 Å². The lowest BCUT2D eigenvalue weighted by atomic mass is 9.77. The number of aliphatic carboxylic acids is 1. The van der Waals surface area contributed by atoms with Crippen LogP contribution in [0.15, 0.2) is 24.4 Å². The molecule has 1 heterocycles. The van der Waals surface area contributed by atoms with Gasteiger partial charge in [0.25, 0.3) is 0 Å². The third-order valence-electron chi connectivity index (χ3n) is 3.22. The Morgan fingerprint density at radius 2 is 1.94 bits per heavy atom. The summed E-state index contributed by atoms with van der Waals surface area (Å²) < 4.78 is 0. The molecule has 4 heteroatoms. The van der Waals surface area contributed by atoms with Crippen molar-refractivity contribution in [1.29, 1.82) is 0 Å². The van der Waals surface area contributed by atoms with Gasteiger partial charge in [-0.05, 0) is 25.0 Å². The van der Waals surface area contributed by atoms with Gasteiger partial charge in [0.15, 0.2) is 5.78 Å². The summed E-state index contributed by atoms with van der Waals surface area (Å²) in [6.45, 7) is 3.46. The van der Waals surface area contributed by atoms with Crippen LogP contribution in [0.1, 0.15) is 32.4 Å². The van der Waals surface area contributed by atoms with E-state index in [9.17, 15) is 14.7 Å². The molecule has 0 aromatic carbocycles. The zero-order valence-electron chi connectivity index (χ0n) is 10.1. The third kappa shape index (κ3) is 2.70. The number of aromatic nitrogens is 1. The van der Waals surface area contributed by atoms with Crippen LogP contribution in [-0.4, -0.2) is 21.8 Å². The number of carboxylic acids is 1. The van der Waals surface area contributed by atoms with Crippen molar-refractivity contribution in [3.8, 4) is 0 Å². The number of carbonyl (C=O) groups is 2. The van der Waals surface area contributed by atoms with Gasteiger partial charge in [-0.2, -0.15) is 0 Å². The second kappa shape index (κ2) is 5.57. The lowest BCUT2D eigenvalue weighted by molar-refractivity contribution is -0.155. The summed E-state index contributed by atoms with van der Waals surface area (Å²) in [5.41, 5.74) is -0.651. The molecule has 0 spiro atoms. The predicted octanol–water partition coefficient (Wildman–Crippen LogP) is 2.08. The third-order valence-corrected chi connectivity index (χ3v) is 3.22. The number of carboxylic acid groups (broad SMARTS) is 1. The van der Waals surface area contributed by atoms with Crippen LogP contribution in [-0.2, 0) is 16.0 Å². The quantitative estimate of drug-likeness (QED) is 0.766. The van der Waals surface area contributed by atoms with Gasteiger partial charge < -0.3 is 5.11 Å². The van der Waals surface area contributed by atoms with Crippen LogP contribution < -0.4 is 0 Å². The molecule has 0 amide bonds. The fourth-order valence-corrected chi connectivity index (χ4v) is 1.90. The Balaban J connectivity index is 2.91.